The Hall–Kier alpha value is -1.03. The molecule has 0 aliphatic heterocycles. The van der Waals surface area contributed by atoms with Crippen molar-refractivity contribution < 1.29 is 9.53 Å². The molecule has 0 aliphatic rings. The molecule has 16 heavy (non-hydrogen) atoms. The summed E-state index contributed by atoms with van der Waals surface area (Å²) >= 11 is 3.23. The number of nitrogens with one attached hydrogen (secondary N) is 1. The molecule has 1 rings (SSSR count). The highest BCUT2D eigenvalue weighted by molar-refractivity contribution is 9.10. The van der Waals surface area contributed by atoms with Gasteiger partial charge in [-0.15, -0.1) is 0 Å². The Morgan fingerprint density at radius 3 is 2.31 bits per heavy atom. The summed E-state index contributed by atoms with van der Waals surface area (Å²) in [6.45, 7) is 3.76. The Balaban J connectivity index is 2.65. The SMILES string of the molecule is COc1ccc([C@@H](C)NC(=O)C(C)Br)cc1. The van der Waals surface area contributed by atoms with E-state index in [0.717, 1.165) is 11.3 Å². The van der Waals surface area contributed by atoms with Gasteiger partial charge in [-0.3, -0.25) is 4.79 Å². The maximum Gasteiger partial charge on any atom is 0.233 e. The quantitative estimate of drug-likeness (QED) is 0.864. The number of alkyl halides is 1. The minimum atomic E-state index is -0.173. The smallest absolute Gasteiger partial charge is 0.233 e. The van der Waals surface area contributed by atoms with E-state index >= 15 is 0 Å². The van der Waals surface area contributed by atoms with Crippen molar-refractivity contribution in [3.63, 3.8) is 0 Å². The fourth-order valence-electron chi connectivity index (χ4n) is 1.30. The molecule has 0 saturated carbocycles. The Morgan fingerprint density at radius 2 is 1.88 bits per heavy atom. The maximum absolute atomic E-state index is 11.5. The Labute approximate surface area is 104 Å². The second-order valence-corrected chi connectivity index (χ2v) is 4.99. The molecule has 0 bridgehead atoms. The van der Waals surface area contributed by atoms with Crippen LogP contribution in [0.1, 0.15) is 25.5 Å². The largest absolute Gasteiger partial charge is 0.497 e. The molecule has 1 amide bonds. The lowest BCUT2D eigenvalue weighted by atomic mass is 10.1. The number of hydrogen-bond donors (Lipinski definition) is 1. The summed E-state index contributed by atoms with van der Waals surface area (Å²) in [6.07, 6.45) is 0. The first-order chi connectivity index (χ1) is 7.54. The van der Waals surface area contributed by atoms with Gasteiger partial charge in [-0.25, -0.2) is 0 Å². The van der Waals surface area contributed by atoms with Crippen molar-refractivity contribution in [2.45, 2.75) is 24.7 Å². The van der Waals surface area contributed by atoms with Crippen LogP contribution < -0.4 is 10.1 Å². The summed E-state index contributed by atoms with van der Waals surface area (Å²) in [6, 6.07) is 7.66. The molecule has 0 saturated heterocycles. The van der Waals surface area contributed by atoms with Crippen LogP contribution in [0.4, 0.5) is 0 Å². The van der Waals surface area contributed by atoms with Gasteiger partial charge in [0, 0.05) is 0 Å². The Morgan fingerprint density at radius 1 is 1.31 bits per heavy atom. The lowest BCUT2D eigenvalue weighted by Crippen LogP contribution is -2.31. The van der Waals surface area contributed by atoms with Crippen molar-refractivity contribution in [3.05, 3.63) is 29.8 Å². The summed E-state index contributed by atoms with van der Waals surface area (Å²) in [4.78, 5) is 11.3. The van der Waals surface area contributed by atoms with E-state index in [1.165, 1.54) is 0 Å². The van der Waals surface area contributed by atoms with Crippen LogP contribution in [-0.4, -0.2) is 17.8 Å². The number of methoxy groups -OCH3 is 1. The van der Waals surface area contributed by atoms with E-state index in [4.69, 9.17) is 4.74 Å². The molecule has 0 aromatic heterocycles. The van der Waals surface area contributed by atoms with Crippen molar-refractivity contribution in [1.82, 2.24) is 5.32 Å². The number of carbonyl (C=O) groups excluding carboxylic acids is 1. The van der Waals surface area contributed by atoms with Crippen LogP contribution in [0.5, 0.6) is 5.75 Å². The van der Waals surface area contributed by atoms with Crippen LogP contribution >= 0.6 is 15.9 Å². The number of hydrogen-bond acceptors (Lipinski definition) is 2. The molecule has 1 N–H and O–H groups in total. The van der Waals surface area contributed by atoms with Crippen molar-refractivity contribution in [2.75, 3.05) is 7.11 Å². The second kappa shape index (κ2) is 5.89. The highest BCUT2D eigenvalue weighted by Gasteiger charge is 2.13. The summed E-state index contributed by atoms with van der Waals surface area (Å²) < 4.78 is 5.07. The number of rotatable bonds is 4. The molecule has 4 heteroatoms. The molecule has 0 aliphatic carbocycles. The van der Waals surface area contributed by atoms with E-state index in [9.17, 15) is 4.79 Å². The third-order valence-electron chi connectivity index (χ3n) is 2.34. The van der Waals surface area contributed by atoms with Gasteiger partial charge in [0.25, 0.3) is 0 Å². The Bertz CT molecular complexity index is 349. The first-order valence-electron chi connectivity index (χ1n) is 5.13. The number of amides is 1. The summed E-state index contributed by atoms with van der Waals surface area (Å²) in [5, 5.41) is 2.91. The standard InChI is InChI=1S/C12H16BrNO2/c1-8(13)12(15)14-9(2)10-4-6-11(16-3)7-5-10/h4-9H,1-3H3,(H,14,15)/t8?,9-/m1/s1. The van der Waals surface area contributed by atoms with E-state index in [2.05, 4.69) is 21.2 Å². The van der Waals surface area contributed by atoms with Gasteiger partial charge in [-0.1, -0.05) is 28.1 Å². The Kier molecular flexibility index (Phi) is 4.80. The summed E-state index contributed by atoms with van der Waals surface area (Å²) in [7, 11) is 1.63. The fraction of sp³-hybridized carbons (Fsp3) is 0.417. The van der Waals surface area contributed by atoms with Gasteiger partial charge in [-0.2, -0.15) is 0 Å². The van der Waals surface area contributed by atoms with Gasteiger partial charge in [0.2, 0.25) is 5.91 Å². The first-order valence-corrected chi connectivity index (χ1v) is 6.04. The average Bonchev–Trinajstić information content (AvgIpc) is 2.28. The molecule has 1 aromatic rings. The molecule has 88 valence electrons. The lowest BCUT2D eigenvalue weighted by Gasteiger charge is -2.15. The lowest BCUT2D eigenvalue weighted by molar-refractivity contribution is -0.120. The molecule has 0 heterocycles. The molecule has 2 atom stereocenters. The average molecular weight is 286 g/mol. The van der Waals surface area contributed by atoms with Crippen molar-refractivity contribution in [1.29, 1.82) is 0 Å². The van der Waals surface area contributed by atoms with Gasteiger partial charge in [-0.05, 0) is 31.5 Å². The topological polar surface area (TPSA) is 38.3 Å². The van der Waals surface area contributed by atoms with Crippen LogP contribution in [-0.2, 0) is 4.79 Å². The zero-order chi connectivity index (χ0) is 12.1. The zero-order valence-electron chi connectivity index (χ0n) is 9.66. The zero-order valence-corrected chi connectivity index (χ0v) is 11.2. The predicted octanol–water partition coefficient (Wildman–Crippen LogP) is 2.66. The number of halogens is 1. The first kappa shape index (κ1) is 13.0. The van der Waals surface area contributed by atoms with Crippen LogP contribution in [0, 0.1) is 0 Å². The minimum Gasteiger partial charge on any atom is -0.497 e. The van der Waals surface area contributed by atoms with Crippen molar-refractivity contribution in [2.24, 2.45) is 0 Å². The van der Waals surface area contributed by atoms with Crippen LogP contribution in [0.3, 0.4) is 0 Å². The number of benzene rings is 1. The van der Waals surface area contributed by atoms with E-state index in [0.29, 0.717) is 0 Å². The van der Waals surface area contributed by atoms with Crippen LogP contribution in [0.2, 0.25) is 0 Å². The molecule has 1 aromatic carbocycles. The van der Waals surface area contributed by atoms with Gasteiger partial charge in [0.05, 0.1) is 18.0 Å². The van der Waals surface area contributed by atoms with Gasteiger partial charge in [0.1, 0.15) is 5.75 Å². The summed E-state index contributed by atoms with van der Waals surface area (Å²) in [5.41, 5.74) is 1.06. The molecular formula is C12H16BrNO2. The third-order valence-corrected chi connectivity index (χ3v) is 2.75. The fourth-order valence-corrected chi connectivity index (χ4v) is 1.44. The number of carbonyl (C=O) groups is 1. The maximum atomic E-state index is 11.5. The highest BCUT2D eigenvalue weighted by atomic mass is 79.9. The van der Waals surface area contributed by atoms with Crippen LogP contribution in [0.15, 0.2) is 24.3 Å². The molecular weight excluding hydrogens is 270 g/mol. The van der Waals surface area contributed by atoms with Gasteiger partial charge < -0.3 is 10.1 Å². The highest BCUT2D eigenvalue weighted by Crippen LogP contribution is 2.17. The predicted molar refractivity (Wildman–Crippen MR) is 67.9 cm³/mol. The normalized spacial score (nSPS) is 14.0. The van der Waals surface area contributed by atoms with E-state index in [1.54, 1.807) is 14.0 Å². The minimum absolute atomic E-state index is 0.00148. The van der Waals surface area contributed by atoms with Gasteiger partial charge >= 0.3 is 0 Å². The van der Waals surface area contributed by atoms with Crippen LogP contribution in [0.25, 0.3) is 0 Å². The molecule has 1 unspecified atom stereocenters. The summed E-state index contributed by atoms with van der Waals surface area (Å²) in [5.74, 6) is 0.805. The molecule has 3 nitrogen and oxygen atoms in total. The van der Waals surface area contributed by atoms with Crippen molar-refractivity contribution in [3.8, 4) is 5.75 Å². The van der Waals surface area contributed by atoms with E-state index in [1.807, 2.05) is 31.2 Å². The van der Waals surface area contributed by atoms with Crippen molar-refractivity contribution >= 4 is 21.8 Å². The monoisotopic (exact) mass is 285 g/mol. The van der Waals surface area contributed by atoms with E-state index in [-0.39, 0.29) is 16.8 Å². The van der Waals surface area contributed by atoms with Gasteiger partial charge in [0.15, 0.2) is 0 Å². The molecule has 0 radical (unpaired) electrons. The van der Waals surface area contributed by atoms with E-state index < -0.39 is 0 Å². The molecule has 0 spiro atoms. The third kappa shape index (κ3) is 3.52. The second-order valence-electron chi connectivity index (χ2n) is 3.62. The molecule has 0 fully saturated rings. The number of ether oxygens (including phenoxy) is 1.